The van der Waals surface area contributed by atoms with E-state index in [1.807, 2.05) is 19.1 Å². The van der Waals surface area contributed by atoms with Crippen molar-refractivity contribution in [2.24, 2.45) is 11.7 Å². The number of amides is 1. The zero-order valence-corrected chi connectivity index (χ0v) is 12.1. The minimum atomic E-state index is -0.752. The fourth-order valence-electron chi connectivity index (χ4n) is 2.38. The van der Waals surface area contributed by atoms with E-state index in [2.05, 4.69) is 31.3 Å². The molecule has 1 aliphatic rings. The van der Waals surface area contributed by atoms with Crippen molar-refractivity contribution >= 4 is 5.91 Å². The van der Waals surface area contributed by atoms with E-state index < -0.39 is 5.54 Å². The van der Waals surface area contributed by atoms with Crippen LogP contribution in [0.4, 0.5) is 0 Å². The smallest absolute Gasteiger partial charge is 0.242 e. The minimum Gasteiger partial charge on any atom is -0.368 e. The van der Waals surface area contributed by atoms with Crippen molar-refractivity contribution in [2.75, 3.05) is 0 Å². The number of nitrogens with one attached hydrogen (secondary N) is 1. The molecule has 0 aromatic heterocycles. The third-order valence-corrected chi connectivity index (χ3v) is 3.74. The molecule has 1 aromatic rings. The highest BCUT2D eigenvalue weighted by atomic mass is 16.1. The van der Waals surface area contributed by atoms with Crippen LogP contribution in [0.5, 0.6) is 0 Å². The van der Waals surface area contributed by atoms with E-state index >= 15 is 0 Å². The number of carbonyl (C=O) groups excluding carboxylic acids is 1. The van der Waals surface area contributed by atoms with Gasteiger partial charge in [0.25, 0.3) is 0 Å². The number of hydrogen-bond donors (Lipinski definition) is 2. The Labute approximate surface area is 115 Å². The van der Waals surface area contributed by atoms with Crippen LogP contribution in [0.15, 0.2) is 24.3 Å². The monoisotopic (exact) mass is 260 g/mol. The van der Waals surface area contributed by atoms with E-state index in [0.29, 0.717) is 12.0 Å². The molecule has 0 bridgehead atoms. The van der Waals surface area contributed by atoms with Crippen molar-refractivity contribution in [3.63, 3.8) is 0 Å². The third-order valence-electron chi connectivity index (χ3n) is 3.74. The first-order valence-electron chi connectivity index (χ1n) is 7.09. The fourth-order valence-corrected chi connectivity index (χ4v) is 2.38. The average molecular weight is 260 g/mol. The van der Waals surface area contributed by atoms with Crippen LogP contribution >= 0.6 is 0 Å². The van der Waals surface area contributed by atoms with E-state index in [4.69, 9.17) is 5.73 Å². The summed E-state index contributed by atoms with van der Waals surface area (Å²) in [6, 6.07) is 8.69. The molecule has 1 atom stereocenters. The second-order valence-corrected chi connectivity index (χ2v) is 6.20. The summed E-state index contributed by atoms with van der Waals surface area (Å²) in [4.78, 5) is 11.8. The van der Waals surface area contributed by atoms with Gasteiger partial charge in [-0.3, -0.25) is 10.1 Å². The number of hydrogen-bond acceptors (Lipinski definition) is 2. The summed E-state index contributed by atoms with van der Waals surface area (Å²) in [5, 5.41) is 3.37. The molecule has 1 aliphatic carbocycles. The number of benzene rings is 1. The third kappa shape index (κ3) is 3.35. The van der Waals surface area contributed by atoms with Gasteiger partial charge >= 0.3 is 0 Å². The Morgan fingerprint density at radius 3 is 2.37 bits per heavy atom. The van der Waals surface area contributed by atoms with Crippen molar-refractivity contribution in [1.82, 2.24) is 5.32 Å². The number of rotatable bonds is 6. The van der Waals surface area contributed by atoms with Crippen LogP contribution in [0.1, 0.15) is 44.7 Å². The summed E-state index contributed by atoms with van der Waals surface area (Å²) in [6.45, 7) is 6.29. The van der Waals surface area contributed by atoms with Gasteiger partial charge in [0.15, 0.2) is 0 Å². The standard InChI is InChI=1S/C16H24N2O/c1-11(2)10-12-4-6-13(7-5-12)16(3,15(17)19)18-14-8-9-14/h4-7,11,14,18H,8-10H2,1-3H3,(H2,17,19). The molecular formula is C16H24N2O. The highest BCUT2D eigenvalue weighted by Gasteiger charge is 2.38. The van der Waals surface area contributed by atoms with E-state index in [9.17, 15) is 4.79 Å². The van der Waals surface area contributed by atoms with Gasteiger partial charge in [-0.1, -0.05) is 38.1 Å². The molecule has 0 radical (unpaired) electrons. The van der Waals surface area contributed by atoms with Crippen LogP contribution < -0.4 is 11.1 Å². The predicted octanol–water partition coefficient (Wildman–Crippen LogP) is 2.34. The second kappa shape index (κ2) is 5.33. The lowest BCUT2D eigenvalue weighted by atomic mass is 9.89. The molecule has 0 heterocycles. The zero-order chi connectivity index (χ0) is 14.0. The Morgan fingerprint density at radius 1 is 1.37 bits per heavy atom. The van der Waals surface area contributed by atoms with E-state index in [0.717, 1.165) is 24.8 Å². The van der Waals surface area contributed by atoms with Gasteiger partial charge in [0, 0.05) is 6.04 Å². The van der Waals surface area contributed by atoms with Gasteiger partial charge in [-0.25, -0.2) is 0 Å². The molecule has 3 N–H and O–H groups in total. The molecule has 1 amide bonds. The van der Waals surface area contributed by atoms with Gasteiger partial charge < -0.3 is 5.73 Å². The second-order valence-electron chi connectivity index (χ2n) is 6.20. The molecule has 2 rings (SSSR count). The number of primary amides is 1. The van der Waals surface area contributed by atoms with Crippen molar-refractivity contribution < 1.29 is 4.79 Å². The molecule has 1 saturated carbocycles. The quantitative estimate of drug-likeness (QED) is 0.825. The molecule has 3 heteroatoms. The van der Waals surface area contributed by atoms with Crippen LogP contribution in [-0.4, -0.2) is 11.9 Å². The average Bonchev–Trinajstić information content (AvgIpc) is 3.12. The molecule has 1 unspecified atom stereocenters. The van der Waals surface area contributed by atoms with E-state index in [1.54, 1.807) is 0 Å². The molecule has 1 fully saturated rings. The Balaban J connectivity index is 2.19. The highest BCUT2D eigenvalue weighted by Crippen LogP contribution is 2.28. The summed E-state index contributed by atoms with van der Waals surface area (Å²) in [7, 11) is 0. The largest absolute Gasteiger partial charge is 0.368 e. The maximum absolute atomic E-state index is 11.8. The van der Waals surface area contributed by atoms with Gasteiger partial charge in [-0.15, -0.1) is 0 Å². The summed E-state index contributed by atoms with van der Waals surface area (Å²) in [5.74, 6) is 0.328. The maximum Gasteiger partial charge on any atom is 0.242 e. The van der Waals surface area contributed by atoms with Crippen molar-refractivity contribution in [1.29, 1.82) is 0 Å². The summed E-state index contributed by atoms with van der Waals surface area (Å²) in [5.41, 5.74) is 7.10. The molecule has 0 aliphatic heterocycles. The topological polar surface area (TPSA) is 55.1 Å². The Kier molecular flexibility index (Phi) is 3.95. The van der Waals surface area contributed by atoms with Gasteiger partial charge in [0.05, 0.1) is 0 Å². The summed E-state index contributed by atoms with van der Waals surface area (Å²) >= 11 is 0. The number of carbonyl (C=O) groups is 1. The lowest BCUT2D eigenvalue weighted by molar-refractivity contribution is -0.124. The molecule has 1 aromatic carbocycles. The van der Waals surface area contributed by atoms with Crippen LogP contribution in [0.3, 0.4) is 0 Å². The SMILES string of the molecule is CC(C)Cc1ccc(C(C)(NC2CC2)C(N)=O)cc1. The van der Waals surface area contributed by atoms with Crippen molar-refractivity contribution in [3.8, 4) is 0 Å². The van der Waals surface area contributed by atoms with Crippen LogP contribution in [0.2, 0.25) is 0 Å². The highest BCUT2D eigenvalue weighted by molar-refractivity contribution is 5.85. The van der Waals surface area contributed by atoms with Gasteiger partial charge in [0.2, 0.25) is 5.91 Å². The van der Waals surface area contributed by atoms with Crippen molar-refractivity contribution in [3.05, 3.63) is 35.4 Å². The van der Waals surface area contributed by atoms with Crippen molar-refractivity contribution in [2.45, 2.75) is 51.6 Å². The van der Waals surface area contributed by atoms with Crippen LogP contribution in [-0.2, 0) is 16.8 Å². The Bertz CT molecular complexity index is 448. The zero-order valence-electron chi connectivity index (χ0n) is 12.1. The molecule has 104 valence electrons. The van der Waals surface area contributed by atoms with Gasteiger partial charge in [0.1, 0.15) is 5.54 Å². The molecule has 19 heavy (non-hydrogen) atoms. The first kappa shape index (κ1) is 14.1. The first-order valence-corrected chi connectivity index (χ1v) is 7.09. The maximum atomic E-state index is 11.8. The number of nitrogens with two attached hydrogens (primary N) is 1. The van der Waals surface area contributed by atoms with E-state index in [-0.39, 0.29) is 5.91 Å². The van der Waals surface area contributed by atoms with Crippen LogP contribution in [0, 0.1) is 5.92 Å². The lowest BCUT2D eigenvalue weighted by Crippen LogP contribution is -2.51. The summed E-state index contributed by atoms with van der Waals surface area (Å²) in [6.07, 6.45) is 3.33. The molecular weight excluding hydrogens is 236 g/mol. The van der Waals surface area contributed by atoms with E-state index in [1.165, 1.54) is 5.56 Å². The minimum absolute atomic E-state index is 0.309. The fraction of sp³-hybridized carbons (Fsp3) is 0.562. The lowest BCUT2D eigenvalue weighted by Gasteiger charge is -2.28. The first-order chi connectivity index (χ1) is 8.91. The predicted molar refractivity (Wildman–Crippen MR) is 77.7 cm³/mol. The molecule has 0 spiro atoms. The molecule has 0 saturated heterocycles. The normalized spacial score (nSPS) is 18.3. The molecule has 3 nitrogen and oxygen atoms in total. The Morgan fingerprint density at radius 2 is 1.95 bits per heavy atom. The van der Waals surface area contributed by atoms with Gasteiger partial charge in [-0.05, 0) is 43.2 Å². The van der Waals surface area contributed by atoms with Crippen LogP contribution in [0.25, 0.3) is 0 Å². The van der Waals surface area contributed by atoms with Gasteiger partial charge in [-0.2, -0.15) is 0 Å². The summed E-state index contributed by atoms with van der Waals surface area (Å²) < 4.78 is 0. The Hall–Kier alpha value is -1.35.